The molecule has 0 bridgehead atoms. The molecule has 2 aromatic heterocycles. The molecule has 1 atom stereocenters. The summed E-state index contributed by atoms with van der Waals surface area (Å²) in [5.41, 5.74) is 1.41. The summed E-state index contributed by atoms with van der Waals surface area (Å²) in [7, 11) is 0. The molecule has 0 aliphatic heterocycles. The Kier molecular flexibility index (Phi) is 6.11. The maximum absolute atomic E-state index is 12.2. The minimum atomic E-state index is -0.246. The number of aromatic nitrogens is 2. The van der Waals surface area contributed by atoms with Gasteiger partial charge >= 0.3 is 5.97 Å². The molecule has 2 aromatic rings. The van der Waals surface area contributed by atoms with Crippen LogP contribution < -0.4 is 0 Å². The van der Waals surface area contributed by atoms with E-state index in [1.807, 2.05) is 6.92 Å². The van der Waals surface area contributed by atoms with Crippen LogP contribution in [0.5, 0.6) is 0 Å². The quantitative estimate of drug-likeness (QED) is 0.306. The Hall–Kier alpha value is -1.14. The largest absolute Gasteiger partial charge is 0.465 e. The van der Waals surface area contributed by atoms with Crippen molar-refractivity contribution in [2.75, 3.05) is 6.61 Å². The van der Waals surface area contributed by atoms with Crippen molar-refractivity contribution in [2.45, 2.75) is 69.1 Å². The summed E-state index contributed by atoms with van der Waals surface area (Å²) in [5.74, 6) is -0.146. The summed E-state index contributed by atoms with van der Waals surface area (Å²) >= 11 is 3.29. The molecule has 1 aliphatic carbocycles. The van der Waals surface area contributed by atoms with Crippen LogP contribution in [0.25, 0.3) is 10.2 Å². The van der Waals surface area contributed by atoms with E-state index < -0.39 is 0 Å². The molecule has 24 heavy (non-hydrogen) atoms. The van der Waals surface area contributed by atoms with Crippen LogP contribution >= 0.6 is 23.1 Å². The van der Waals surface area contributed by atoms with Gasteiger partial charge in [0.2, 0.25) is 0 Å². The molecule has 0 amide bonds. The third-order valence-corrected chi connectivity index (χ3v) is 6.61. The first-order valence-electron chi connectivity index (χ1n) is 8.79. The minimum Gasteiger partial charge on any atom is -0.465 e. The monoisotopic (exact) mass is 364 g/mol. The van der Waals surface area contributed by atoms with Gasteiger partial charge in [0, 0.05) is 10.3 Å². The summed E-state index contributed by atoms with van der Waals surface area (Å²) in [4.78, 5) is 23.6. The number of thiophene rings is 1. The number of hydrogen-bond acceptors (Lipinski definition) is 6. The molecule has 1 aliphatic rings. The first-order valence-corrected chi connectivity index (χ1v) is 10.5. The molecule has 0 radical (unpaired) electrons. The molecular formula is C18H24N2O2S2. The highest BCUT2D eigenvalue weighted by molar-refractivity contribution is 8.00. The fourth-order valence-corrected chi connectivity index (χ4v) is 5.25. The van der Waals surface area contributed by atoms with Crippen molar-refractivity contribution < 1.29 is 9.53 Å². The number of ether oxygens (including phenoxy) is 1. The van der Waals surface area contributed by atoms with E-state index in [0.717, 1.165) is 42.0 Å². The van der Waals surface area contributed by atoms with Crippen LogP contribution in [0.1, 0.15) is 56.4 Å². The van der Waals surface area contributed by atoms with Crippen molar-refractivity contribution in [2.24, 2.45) is 0 Å². The van der Waals surface area contributed by atoms with E-state index in [9.17, 15) is 4.79 Å². The van der Waals surface area contributed by atoms with Gasteiger partial charge in [-0.15, -0.1) is 11.3 Å². The highest BCUT2D eigenvalue weighted by atomic mass is 32.2. The number of aryl methyl sites for hydroxylation is 2. The number of hydrogen-bond donors (Lipinski definition) is 0. The third-order valence-electron chi connectivity index (χ3n) is 4.33. The molecule has 3 rings (SSSR count). The van der Waals surface area contributed by atoms with Crippen molar-refractivity contribution in [1.29, 1.82) is 0 Å². The number of nitrogens with zero attached hydrogens (tertiary/aromatic N) is 2. The van der Waals surface area contributed by atoms with Crippen LogP contribution in [0.4, 0.5) is 0 Å². The van der Waals surface area contributed by atoms with Gasteiger partial charge in [0.25, 0.3) is 0 Å². The van der Waals surface area contributed by atoms with Gasteiger partial charge in [-0.1, -0.05) is 31.5 Å². The second-order valence-corrected chi connectivity index (χ2v) is 8.62. The Balaban J connectivity index is 1.72. The van der Waals surface area contributed by atoms with Crippen molar-refractivity contribution in [1.82, 2.24) is 9.97 Å². The van der Waals surface area contributed by atoms with Gasteiger partial charge in [0.1, 0.15) is 21.4 Å². The Labute approximate surface area is 151 Å². The predicted octanol–water partition coefficient (Wildman–Crippen LogP) is 4.78. The molecule has 2 heterocycles. The lowest BCUT2D eigenvalue weighted by Crippen LogP contribution is -2.17. The zero-order chi connectivity index (χ0) is 16.9. The van der Waals surface area contributed by atoms with Gasteiger partial charge in [0.05, 0.1) is 6.61 Å². The second-order valence-electron chi connectivity index (χ2n) is 6.20. The highest BCUT2D eigenvalue weighted by Gasteiger charge is 2.23. The number of carbonyl (C=O) groups excluding carboxylic acids is 1. The van der Waals surface area contributed by atoms with Gasteiger partial charge in [-0.05, 0) is 44.6 Å². The van der Waals surface area contributed by atoms with Gasteiger partial charge in [-0.2, -0.15) is 0 Å². The first-order chi connectivity index (χ1) is 11.7. The third kappa shape index (κ3) is 3.91. The summed E-state index contributed by atoms with van der Waals surface area (Å²) in [6.07, 6.45) is 9.53. The van der Waals surface area contributed by atoms with Gasteiger partial charge < -0.3 is 4.74 Å². The van der Waals surface area contributed by atoms with E-state index in [1.54, 1.807) is 17.7 Å². The molecule has 0 N–H and O–H groups in total. The molecule has 6 heteroatoms. The Morgan fingerprint density at radius 3 is 3.00 bits per heavy atom. The SMILES string of the molecule is CCCCCOC(=O)C(C)Sc1ncnc2sc3c(c12)CCCC3. The van der Waals surface area contributed by atoms with Crippen LogP contribution in [0.3, 0.4) is 0 Å². The number of rotatable bonds is 7. The molecule has 0 fully saturated rings. The van der Waals surface area contributed by atoms with E-state index in [4.69, 9.17) is 4.74 Å². The number of esters is 1. The second kappa shape index (κ2) is 8.30. The van der Waals surface area contributed by atoms with Crippen LogP contribution in [0, 0.1) is 0 Å². The Morgan fingerprint density at radius 1 is 1.33 bits per heavy atom. The average molecular weight is 365 g/mol. The topological polar surface area (TPSA) is 52.1 Å². The molecule has 1 unspecified atom stereocenters. The molecule has 0 spiro atoms. The van der Waals surface area contributed by atoms with Crippen molar-refractivity contribution in [3.8, 4) is 0 Å². The number of unbranched alkanes of at least 4 members (excludes halogenated alkanes) is 2. The molecule has 0 saturated heterocycles. The van der Waals surface area contributed by atoms with Crippen molar-refractivity contribution >= 4 is 39.3 Å². The fourth-order valence-electron chi connectivity index (χ4n) is 3.01. The van der Waals surface area contributed by atoms with Gasteiger partial charge in [-0.3, -0.25) is 4.79 Å². The number of carbonyl (C=O) groups is 1. The minimum absolute atomic E-state index is 0.146. The Morgan fingerprint density at radius 2 is 2.17 bits per heavy atom. The first kappa shape index (κ1) is 17.7. The normalized spacial score (nSPS) is 15.2. The lowest BCUT2D eigenvalue weighted by molar-refractivity contribution is -0.142. The van der Waals surface area contributed by atoms with Gasteiger partial charge in [-0.25, -0.2) is 9.97 Å². The zero-order valence-corrected chi connectivity index (χ0v) is 16.0. The maximum Gasteiger partial charge on any atom is 0.319 e. The van der Waals surface area contributed by atoms with Crippen LogP contribution in [-0.4, -0.2) is 27.8 Å². The van der Waals surface area contributed by atoms with Crippen LogP contribution in [-0.2, 0) is 22.4 Å². The van der Waals surface area contributed by atoms with E-state index in [2.05, 4.69) is 16.9 Å². The average Bonchev–Trinajstić information content (AvgIpc) is 2.98. The molecule has 4 nitrogen and oxygen atoms in total. The Bertz CT molecular complexity index is 714. The standard InChI is InChI=1S/C18H24N2O2S2/c1-3-4-7-10-22-18(21)12(2)23-16-15-13-8-5-6-9-14(13)24-17(15)20-11-19-16/h11-12H,3-10H2,1-2H3. The number of fused-ring (bicyclic) bond motifs is 3. The smallest absolute Gasteiger partial charge is 0.319 e. The maximum atomic E-state index is 12.2. The molecule has 130 valence electrons. The molecular weight excluding hydrogens is 340 g/mol. The van der Waals surface area contributed by atoms with Crippen LogP contribution in [0.2, 0.25) is 0 Å². The van der Waals surface area contributed by atoms with Crippen LogP contribution in [0.15, 0.2) is 11.4 Å². The summed E-state index contributed by atoms with van der Waals surface area (Å²) in [6.45, 7) is 4.56. The fraction of sp³-hybridized carbons (Fsp3) is 0.611. The van der Waals surface area contributed by atoms with E-state index in [1.165, 1.54) is 40.4 Å². The van der Waals surface area contributed by atoms with Crippen molar-refractivity contribution in [3.63, 3.8) is 0 Å². The lowest BCUT2D eigenvalue weighted by atomic mass is 9.97. The predicted molar refractivity (Wildman–Crippen MR) is 99.9 cm³/mol. The van der Waals surface area contributed by atoms with E-state index in [-0.39, 0.29) is 11.2 Å². The zero-order valence-electron chi connectivity index (χ0n) is 14.3. The molecule has 0 aromatic carbocycles. The summed E-state index contributed by atoms with van der Waals surface area (Å²) < 4.78 is 5.38. The van der Waals surface area contributed by atoms with E-state index in [0.29, 0.717) is 6.61 Å². The number of thioether (sulfide) groups is 1. The van der Waals surface area contributed by atoms with Crippen molar-refractivity contribution in [3.05, 3.63) is 16.8 Å². The summed E-state index contributed by atoms with van der Waals surface area (Å²) in [5, 5.41) is 1.86. The van der Waals surface area contributed by atoms with Gasteiger partial charge in [0.15, 0.2) is 0 Å². The highest BCUT2D eigenvalue weighted by Crippen LogP contribution is 2.40. The molecule has 0 saturated carbocycles. The summed E-state index contributed by atoms with van der Waals surface area (Å²) in [6, 6.07) is 0. The van der Waals surface area contributed by atoms with E-state index >= 15 is 0 Å². The lowest BCUT2D eigenvalue weighted by Gasteiger charge is -2.13.